The smallest absolute Gasteiger partial charge is 0.164 e. The summed E-state index contributed by atoms with van der Waals surface area (Å²) in [4.78, 5) is 30.2. The summed E-state index contributed by atoms with van der Waals surface area (Å²) < 4.78 is 0. The van der Waals surface area contributed by atoms with Crippen molar-refractivity contribution in [3.63, 3.8) is 0 Å². The fourth-order valence-corrected chi connectivity index (χ4v) is 7.38. The molecule has 0 radical (unpaired) electrons. The summed E-state index contributed by atoms with van der Waals surface area (Å²) in [6, 6.07) is 62.1. The molecule has 0 saturated carbocycles. The summed E-state index contributed by atoms with van der Waals surface area (Å²) in [5, 5.41) is 2.12. The summed E-state index contributed by atoms with van der Waals surface area (Å²) in [6.45, 7) is 0. The molecule has 0 spiro atoms. The van der Waals surface area contributed by atoms with Crippen molar-refractivity contribution in [2.45, 2.75) is 12.3 Å². The van der Waals surface area contributed by atoms with Gasteiger partial charge in [-0.25, -0.2) is 29.9 Å². The quantitative estimate of drug-likeness (QED) is 0.154. The highest BCUT2D eigenvalue weighted by Crippen LogP contribution is 2.33. The topological polar surface area (TPSA) is 77.3 Å². The van der Waals surface area contributed by atoms with Crippen LogP contribution in [0.3, 0.4) is 0 Å². The zero-order valence-corrected chi connectivity index (χ0v) is 31.5. The van der Waals surface area contributed by atoms with Gasteiger partial charge in [-0.3, -0.25) is 0 Å². The van der Waals surface area contributed by atoms with Crippen LogP contribution >= 0.6 is 0 Å². The molecule has 1 aliphatic rings. The standard InChI is InChI=1S/C52H36N6/c1-5-13-35(14-6-1)37-21-27-42(28-22-37)49-53-47(40-17-9-3-10-18-40)55-51(57-49)44-31-25-39-26-32-45(34-46(39)33-44)52-56-48(41-19-11-4-12-20-41)54-50(58-52)43-29-23-38(24-30-43)36-15-7-2-8-16-36/h1-29,31-34,43H,30H2. The fraction of sp³-hybridized carbons (Fsp3) is 0.0385. The van der Waals surface area contributed by atoms with E-state index in [1.165, 1.54) is 11.1 Å². The van der Waals surface area contributed by atoms with Crippen LogP contribution in [0, 0.1) is 0 Å². The van der Waals surface area contributed by atoms with Crippen LogP contribution in [-0.4, -0.2) is 29.9 Å². The van der Waals surface area contributed by atoms with Gasteiger partial charge in [-0.2, -0.15) is 0 Å². The third kappa shape index (κ3) is 7.22. The number of rotatable bonds is 8. The number of nitrogens with zero attached hydrogens (tertiary/aromatic N) is 6. The Kier molecular flexibility index (Phi) is 9.26. The van der Waals surface area contributed by atoms with Crippen LogP contribution in [-0.2, 0) is 0 Å². The van der Waals surface area contributed by atoms with Gasteiger partial charge in [0.25, 0.3) is 0 Å². The van der Waals surface area contributed by atoms with Crippen LogP contribution in [0.25, 0.3) is 84.4 Å². The predicted octanol–water partition coefficient (Wildman–Crippen LogP) is 12.3. The number of allylic oxidation sites excluding steroid dienone is 4. The Morgan fingerprint density at radius 3 is 1.21 bits per heavy atom. The highest BCUT2D eigenvalue weighted by atomic mass is 15.0. The minimum absolute atomic E-state index is 0.0233. The molecule has 0 aliphatic heterocycles. The van der Waals surface area contributed by atoms with Crippen molar-refractivity contribution in [3.05, 3.63) is 212 Å². The highest BCUT2D eigenvalue weighted by Gasteiger charge is 2.20. The lowest BCUT2D eigenvalue weighted by Gasteiger charge is -2.17. The Labute approximate surface area is 337 Å². The first-order valence-electron chi connectivity index (χ1n) is 19.5. The van der Waals surface area contributed by atoms with Gasteiger partial charge >= 0.3 is 0 Å². The third-order valence-corrected chi connectivity index (χ3v) is 10.5. The molecule has 0 bridgehead atoms. The minimum Gasteiger partial charge on any atom is -0.212 e. The lowest BCUT2D eigenvalue weighted by atomic mass is 9.92. The van der Waals surface area contributed by atoms with Crippen molar-refractivity contribution in [2.24, 2.45) is 0 Å². The first-order chi connectivity index (χ1) is 28.7. The van der Waals surface area contributed by atoms with Gasteiger partial charge in [0.1, 0.15) is 5.82 Å². The van der Waals surface area contributed by atoms with Crippen LogP contribution < -0.4 is 0 Å². The predicted molar refractivity (Wildman–Crippen MR) is 234 cm³/mol. The van der Waals surface area contributed by atoms with Crippen molar-refractivity contribution in [1.29, 1.82) is 0 Å². The highest BCUT2D eigenvalue weighted by molar-refractivity contribution is 5.90. The first-order valence-corrected chi connectivity index (χ1v) is 19.5. The van der Waals surface area contributed by atoms with E-state index in [-0.39, 0.29) is 5.92 Å². The molecule has 9 aromatic rings. The van der Waals surface area contributed by atoms with E-state index in [9.17, 15) is 0 Å². The number of benzene rings is 7. The van der Waals surface area contributed by atoms with Gasteiger partial charge in [0, 0.05) is 33.7 Å². The summed E-state index contributed by atoms with van der Waals surface area (Å²) in [7, 11) is 0. The number of hydrogen-bond acceptors (Lipinski definition) is 6. The van der Waals surface area contributed by atoms with Crippen LogP contribution in [0.5, 0.6) is 0 Å². The van der Waals surface area contributed by atoms with Gasteiger partial charge in [-0.05, 0) is 51.6 Å². The van der Waals surface area contributed by atoms with Crippen LogP contribution in [0.15, 0.2) is 200 Å². The molecule has 0 saturated heterocycles. The largest absolute Gasteiger partial charge is 0.212 e. The molecule has 1 unspecified atom stereocenters. The second-order valence-corrected chi connectivity index (χ2v) is 14.3. The SMILES string of the molecule is C1=CC(c2nc(-c3ccccc3)nc(-c3ccc4ccc(-c5nc(-c6ccccc6)nc(-c6ccc(-c7ccccc7)cc6)n5)cc4c3)n2)CC=C1c1ccccc1. The maximum Gasteiger partial charge on any atom is 0.164 e. The number of hydrogen-bond donors (Lipinski definition) is 0. The van der Waals surface area contributed by atoms with E-state index in [0.717, 1.165) is 62.0 Å². The van der Waals surface area contributed by atoms with Gasteiger partial charge in [0.15, 0.2) is 29.1 Å². The van der Waals surface area contributed by atoms with Gasteiger partial charge in [-0.15, -0.1) is 0 Å². The van der Waals surface area contributed by atoms with Crippen molar-refractivity contribution in [1.82, 2.24) is 29.9 Å². The second-order valence-electron chi connectivity index (χ2n) is 14.3. The van der Waals surface area contributed by atoms with E-state index < -0.39 is 0 Å². The Bertz CT molecular complexity index is 2950. The molecular formula is C52H36N6. The van der Waals surface area contributed by atoms with E-state index in [0.29, 0.717) is 29.1 Å². The second kappa shape index (κ2) is 15.4. The van der Waals surface area contributed by atoms with E-state index in [1.54, 1.807) is 0 Å². The molecular weight excluding hydrogens is 709 g/mol. The van der Waals surface area contributed by atoms with E-state index >= 15 is 0 Å². The molecule has 7 aromatic carbocycles. The van der Waals surface area contributed by atoms with E-state index in [1.807, 2.05) is 72.8 Å². The molecule has 10 rings (SSSR count). The molecule has 6 heteroatoms. The Hall–Kier alpha value is -7.70. The van der Waals surface area contributed by atoms with Gasteiger partial charge in [-0.1, -0.05) is 188 Å². The summed E-state index contributed by atoms with van der Waals surface area (Å²) >= 11 is 0. The Morgan fingerprint density at radius 2 is 0.707 bits per heavy atom. The minimum atomic E-state index is 0.0233. The Balaban J connectivity index is 1.03. The monoisotopic (exact) mass is 744 g/mol. The average Bonchev–Trinajstić information content (AvgIpc) is 3.32. The van der Waals surface area contributed by atoms with Crippen LogP contribution in [0.2, 0.25) is 0 Å². The molecule has 1 atom stereocenters. The lowest BCUT2D eigenvalue weighted by Crippen LogP contribution is -2.08. The lowest BCUT2D eigenvalue weighted by molar-refractivity contribution is 0.766. The maximum absolute atomic E-state index is 5.12. The number of aromatic nitrogens is 6. The third-order valence-electron chi connectivity index (χ3n) is 10.5. The molecule has 0 N–H and O–H groups in total. The normalized spacial score (nSPS) is 13.7. The summed E-state index contributed by atoms with van der Waals surface area (Å²) in [6.07, 6.45) is 7.48. The molecule has 58 heavy (non-hydrogen) atoms. The van der Waals surface area contributed by atoms with Crippen molar-refractivity contribution in [2.75, 3.05) is 0 Å². The molecule has 0 amide bonds. The zero-order valence-electron chi connectivity index (χ0n) is 31.5. The molecule has 2 aromatic heterocycles. The molecule has 0 fully saturated rings. The molecule has 2 heterocycles. The van der Waals surface area contributed by atoms with Gasteiger partial charge < -0.3 is 0 Å². The average molecular weight is 745 g/mol. The maximum atomic E-state index is 5.12. The van der Waals surface area contributed by atoms with Gasteiger partial charge in [0.05, 0.1) is 0 Å². The van der Waals surface area contributed by atoms with E-state index in [4.69, 9.17) is 29.9 Å². The summed E-state index contributed by atoms with van der Waals surface area (Å²) in [5.74, 6) is 3.90. The van der Waals surface area contributed by atoms with Crippen LogP contribution in [0.4, 0.5) is 0 Å². The van der Waals surface area contributed by atoms with Crippen molar-refractivity contribution < 1.29 is 0 Å². The zero-order chi connectivity index (χ0) is 38.7. The van der Waals surface area contributed by atoms with Crippen molar-refractivity contribution >= 4 is 16.3 Å². The first kappa shape index (κ1) is 34.8. The molecule has 1 aliphatic carbocycles. The number of fused-ring (bicyclic) bond motifs is 1. The van der Waals surface area contributed by atoms with Crippen molar-refractivity contribution in [3.8, 4) is 68.1 Å². The van der Waals surface area contributed by atoms with E-state index in [2.05, 4.69) is 127 Å². The Morgan fingerprint density at radius 1 is 0.328 bits per heavy atom. The fourth-order valence-electron chi connectivity index (χ4n) is 7.38. The molecule has 274 valence electrons. The molecule has 6 nitrogen and oxygen atoms in total. The van der Waals surface area contributed by atoms with Crippen LogP contribution in [0.1, 0.15) is 23.7 Å². The summed E-state index contributed by atoms with van der Waals surface area (Å²) in [5.41, 5.74) is 9.31. The van der Waals surface area contributed by atoms with Gasteiger partial charge in [0.2, 0.25) is 0 Å².